The fourth-order valence-corrected chi connectivity index (χ4v) is 0.879. The molecule has 0 heterocycles. The van der Waals surface area contributed by atoms with Crippen molar-refractivity contribution in [1.82, 2.24) is 5.32 Å². The predicted molar refractivity (Wildman–Crippen MR) is 45.8 cm³/mol. The molecule has 1 unspecified atom stereocenters. The van der Waals surface area contributed by atoms with Crippen LogP contribution in [-0.4, -0.2) is 39.5 Å². The lowest BCUT2D eigenvalue weighted by atomic mass is 10.4. The van der Waals surface area contributed by atoms with Crippen LogP contribution in [0.2, 0.25) is 0 Å². The normalized spacial score (nSPS) is 13.4. The second-order valence-corrected chi connectivity index (χ2v) is 2.29. The monoisotopic (exact) mass is 161 g/mol. The lowest BCUT2D eigenvalue weighted by Crippen LogP contribution is -2.31. The van der Waals surface area contributed by atoms with Crippen LogP contribution in [0.5, 0.6) is 0 Å². The van der Waals surface area contributed by atoms with Crippen LogP contribution in [0.25, 0.3) is 0 Å². The quantitative estimate of drug-likeness (QED) is 0.594. The van der Waals surface area contributed by atoms with Gasteiger partial charge in [-0.15, -0.1) is 0 Å². The van der Waals surface area contributed by atoms with Crippen molar-refractivity contribution < 1.29 is 9.47 Å². The summed E-state index contributed by atoms with van der Waals surface area (Å²) in [6.45, 7) is 7.03. The molecule has 1 N–H and O–H groups in total. The second-order valence-electron chi connectivity index (χ2n) is 2.29. The Hall–Kier alpha value is -0.120. The molecule has 3 nitrogen and oxygen atoms in total. The largest absolute Gasteiger partial charge is 0.379 e. The van der Waals surface area contributed by atoms with Gasteiger partial charge in [0.25, 0.3) is 0 Å². The fourth-order valence-electron chi connectivity index (χ4n) is 0.879. The minimum atomic E-state index is 0.199. The topological polar surface area (TPSA) is 30.5 Å². The Morgan fingerprint density at radius 3 is 2.45 bits per heavy atom. The lowest BCUT2D eigenvalue weighted by Gasteiger charge is -2.15. The molecule has 0 radical (unpaired) electrons. The maximum atomic E-state index is 5.40. The Kier molecular flexibility index (Phi) is 7.89. The van der Waals surface area contributed by atoms with Crippen LogP contribution in [0.4, 0.5) is 0 Å². The van der Waals surface area contributed by atoms with E-state index >= 15 is 0 Å². The number of rotatable bonds is 7. The van der Waals surface area contributed by atoms with Gasteiger partial charge < -0.3 is 14.8 Å². The Bertz CT molecular complexity index is 72.5. The zero-order valence-electron chi connectivity index (χ0n) is 7.72. The van der Waals surface area contributed by atoms with Crippen molar-refractivity contribution >= 4 is 0 Å². The highest BCUT2D eigenvalue weighted by Gasteiger charge is 2.05. The summed E-state index contributed by atoms with van der Waals surface area (Å²) in [5.74, 6) is 0. The Labute approximate surface area is 69.1 Å². The summed E-state index contributed by atoms with van der Waals surface area (Å²) >= 11 is 0. The van der Waals surface area contributed by atoms with E-state index in [0.717, 1.165) is 19.8 Å². The van der Waals surface area contributed by atoms with Crippen LogP contribution >= 0.6 is 0 Å². The highest BCUT2D eigenvalue weighted by Crippen LogP contribution is 1.91. The first kappa shape index (κ1) is 10.9. The average Bonchev–Trinajstić information content (AvgIpc) is 2.01. The predicted octanol–water partition coefficient (Wildman–Crippen LogP) is 0.647. The van der Waals surface area contributed by atoms with E-state index in [1.165, 1.54) is 0 Å². The SMILES string of the molecule is CCOCC(CNC)OCC. The third-order valence-corrected chi connectivity index (χ3v) is 1.34. The van der Waals surface area contributed by atoms with Crippen molar-refractivity contribution in [3.8, 4) is 0 Å². The number of nitrogens with one attached hydrogen (secondary N) is 1. The molecule has 0 aliphatic rings. The molecular formula is C8H19NO2. The molecule has 0 bridgehead atoms. The van der Waals surface area contributed by atoms with Gasteiger partial charge in [-0.3, -0.25) is 0 Å². The minimum absolute atomic E-state index is 0.199. The molecular weight excluding hydrogens is 142 g/mol. The van der Waals surface area contributed by atoms with Crippen molar-refractivity contribution in [1.29, 1.82) is 0 Å². The van der Waals surface area contributed by atoms with Crippen LogP contribution in [0.1, 0.15) is 13.8 Å². The molecule has 0 fully saturated rings. The van der Waals surface area contributed by atoms with Crippen molar-refractivity contribution in [2.75, 3.05) is 33.4 Å². The molecule has 0 aromatic rings. The maximum absolute atomic E-state index is 5.40. The first-order valence-electron chi connectivity index (χ1n) is 4.19. The van der Waals surface area contributed by atoms with Crippen LogP contribution in [0.3, 0.4) is 0 Å². The average molecular weight is 161 g/mol. The van der Waals surface area contributed by atoms with Gasteiger partial charge in [-0.25, -0.2) is 0 Å². The number of ether oxygens (including phenoxy) is 2. The van der Waals surface area contributed by atoms with Gasteiger partial charge in [-0.2, -0.15) is 0 Å². The first-order valence-corrected chi connectivity index (χ1v) is 4.19. The van der Waals surface area contributed by atoms with E-state index in [1.807, 2.05) is 20.9 Å². The van der Waals surface area contributed by atoms with E-state index < -0.39 is 0 Å². The Morgan fingerprint density at radius 2 is 2.00 bits per heavy atom. The van der Waals surface area contributed by atoms with Crippen LogP contribution in [-0.2, 0) is 9.47 Å². The summed E-state index contributed by atoms with van der Waals surface area (Å²) in [6.07, 6.45) is 0.199. The molecule has 0 aromatic heterocycles. The van der Waals surface area contributed by atoms with Gasteiger partial charge in [0.05, 0.1) is 12.7 Å². The van der Waals surface area contributed by atoms with Crippen molar-refractivity contribution in [2.45, 2.75) is 20.0 Å². The van der Waals surface area contributed by atoms with E-state index in [4.69, 9.17) is 9.47 Å². The molecule has 11 heavy (non-hydrogen) atoms. The highest BCUT2D eigenvalue weighted by atomic mass is 16.5. The molecule has 0 aliphatic heterocycles. The van der Waals surface area contributed by atoms with Gasteiger partial charge in [0.15, 0.2) is 0 Å². The summed E-state index contributed by atoms with van der Waals surface area (Å²) in [6, 6.07) is 0. The zero-order chi connectivity index (χ0) is 8.53. The summed E-state index contributed by atoms with van der Waals surface area (Å²) in [5, 5.41) is 3.06. The summed E-state index contributed by atoms with van der Waals surface area (Å²) in [5.41, 5.74) is 0. The summed E-state index contributed by atoms with van der Waals surface area (Å²) in [7, 11) is 1.91. The van der Waals surface area contributed by atoms with E-state index in [9.17, 15) is 0 Å². The molecule has 0 spiro atoms. The third kappa shape index (κ3) is 6.28. The Morgan fingerprint density at radius 1 is 1.27 bits per heavy atom. The van der Waals surface area contributed by atoms with E-state index in [2.05, 4.69) is 5.32 Å². The van der Waals surface area contributed by atoms with E-state index in [0.29, 0.717) is 6.61 Å². The number of hydrogen-bond donors (Lipinski definition) is 1. The van der Waals surface area contributed by atoms with Gasteiger partial charge >= 0.3 is 0 Å². The molecule has 0 aliphatic carbocycles. The minimum Gasteiger partial charge on any atom is -0.379 e. The Balaban J connectivity index is 3.34. The zero-order valence-corrected chi connectivity index (χ0v) is 7.72. The molecule has 0 rings (SSSR count). The van der Waals surface area contributed by atoms with Crippen LogP contribution < -0.4 is 5.32 Å². The molecule has 0 aromatic carbocycles. The lowest BCUT2D eigenvalue weighted by molar-refractivity contribution is -0.00640. The molecule has 0 saturated heterocycles. The van der Waals surface area contributed by atoms with Gasteiger partial charge in [0.1, 0.15) is 0 Å². The van der Waals surface area contributed by atoms with Crippen LogP contribution in [0.15, 0.2) is 0 Å². The van der Waals surface area contributed by atoms with E-state index in [-0.39, 0.29) is 6.10 Å². The van der Waals surface area contributed by atoms with Crippen LogP contribution in [0, 0.1) is 0 Å². The van der Waals surface area contributed by atoms with Gasteiger partial charge in [0.2, 0.25) is 0 Å². The maximum Gasteiger partial charge on any atom is 0.0932 e. The molecule has 68 valence electrons. The van der Waals surface area contributed by atoms with Gasteiger partial charge in [0, 0.05) is 19.8 Å². The summed E-state index contributed by atoms with van der Waals surface area (Å²) in [4.78, 5) is 0. The van der Waals surface area contributed by atoms with Gasteiger partial charge in [-0.1, -0.05) is 0 Å². The number of likely N-dealkylation sites (N-methyl/N-ethyl adjacent to an activating group) is 1. The van der Waals surface area contributed by atoms with Gasteiger partial charge in [-0.05, 0) is 20.9 Å². The molecule has 0 saturated carbocycles. The smallest absolute Gasteiger partial charge is 0.0932 e. The van der Waals surface area contributed by atoms with Crippen molar-refractivity contribution in [3.63, 3.8) is 0 Å². The molecule has 3 heteroatoms. The van der Waals surface area contributed by atoms with Crippen molar-refractivity contribution in [3.05, 3.63) is 0 Å². The summed E-state index contributed by atoms with van der Waals surface area (Å²) < 4.78 is 10.6. The first-order chi connectivity index (χ1) is 5.35. The fraction of sp³-hybridized carbons (Fsp3) is 1.00. The molecule has 1 atom stereocenters. The standard InChI is InChI=1S/C8H19NO2/c1-4-10-7-8(6-9-3)11-5-2/h8-9H,4-7H2,1-3H3. The van der Waals surface area contributed by atoms with Crippen molar-refractivity contribution in [2.24, 2.45) is 0 Å². The third-order valence-electron chi connectivity index (χ3n) is 1.34. The van der Waals surface area contributed by atoms with E-state index in [1.54, 1.807) is 0 Å². The molecule has 0 amide bonds. The second kappa shape index (κ2) is 7.98. The number of hydrogen-bond acceptors (Lipinski definition) is 3. The highest BCUT2D eigenvalue weighted by molar-refractivity contribution is 4.57.